The third-order valence-corrected chi connectivity index (χ3v) is 6.70. The molecule has 0 saturated carbocycles. The third kappa shape index (κ3) is 5.74. The summed E-state index contributed by atoms with van der Waals surface area (Å²) < 4.78 is 28.6. The zero-order valence-corrected chi connectivity index (χ0v) is 22.4. The van der Waals surface area contributed by atoms with Gasteiger partial charge in [0.1, 0.15) is 11.6 Å². The molecular weight excluding hydrogens is 578 g/mol. The highest BCUT2D eigenvalue weighted by molar-refractivity contribution is 9.10. The molecule has 0 bridgehead atoms. The van der Waals surface area contributed by atoms with Crippen molar-refractivity contribution >= 4 is 21.9 Å². The smallest absolute Gasteiger partial charge is 0.336 e. The van der Waals surface area contributed by atoms with Crippen molar-refractivity contribution in [1.82, 2.24) is 20.4 Å². The summed E-state index contributed by atoms with van der Waals surface area (Å²) in [7, 11) is 0. The number of rotatable bonds is 5. The molecule has 0 unspecified atom stereocenters. The summed E-state index contributed by atoms with van der Waals surface area (Å²) in [5, 5.41) is 23.1. The van der Waals surface area contributed by atoms with Gasteiger partial charge in [-0.25, -0.2) is 13.6 Å². The number of benzene rings is 4. The van der Waals surface area contributed by atoms with Crippen LogP contribution in [0.15, 0.2) is 114 Å². The van der Waals surface area contributed by atoms with Gasteiger partial charge >= 0.3 is 5.97 Å². The van der Waals surface area contributed by atoms with Crippen LogP contribution in [0.25, 0.3) is 45.0 Å². The Morgan fingerprint density at radius 2 is 1.12 bits per heavy atom. The lowest BCUT2D eigenvalue weighted by Crippen LogP contribution is -2.01. The maximum absolute atomic E-state index is 14.0. The summed E-state index contributed by atoms with van der Waals surface area (Å²) in [6.45, 7) is 0. The van der Waals surface area contributed by atoms with Crippen molar-refractivity contribution in [2.24, 2.45) is 0 Å². The first-order chi connectivity index (χ1) is 19.4. The molecule has 40 heavy (non-hydrogen) atoms. The Kier molecular flexibility index (Phi) is 7.93. The number of carboxylic acid groups (broad SMARTS) is 1. The van der Waals surface area contributed by atoms with Gasteiger partial charge in [0, 0.05) is 26.7 Å². The molecule has 0 amide bonds. The SMILES string of the molecule is Fc1cccc(Br)c1-c1cc(-c2ccccc2)n[nH]1.O=C(O)c1cccc(F)c1-c1cc(-c2ccccc2)n[nH]1. The molecule has 9 heteroatoms. The van der Waals surface area contributed by atoms with Gasteiger partial charge in [0.15, 0.2) is 0 Å². The number of nitrogens with one attached hydrogen (secondary N) is 2. The number of halogens is 3. The first kappa shape index (κ1) is 26.7. The highest BCUT2D eigenvalue weighted by Gasteiger charge is 2.18. The summed E-state index contributed by atoms with van der Waals surface area (Å²) in [6.07, 6.45) is 0. The van der Waals surface area contributed by atoms with Crippen LogP contribution in [0.1, 0.15) is 10.4 Å². The first-order valence-corrected chi connectivity index (χ1v) is 12.9. The number of aromatic carboxylic acids is 1. The largest absolute Gasteiger partial charge is 0.478 e. The van der Waals surface area contributed by atoms with E-state index in [1.165, 1.54) is 24.3 Å². The maximum Gasteiger partial charge on any atom is 0.336 e. The summed E-state index contributed by atoms with van der Waals surface area (Å²) in [5.74, 6) is -2.06. The first-order valence-electron chi connectivity index (χ1n) is 12.1. The fourth-order valence-corrected chi connectivity index (χ4v) is 4.70. The van der Waals surface area contributed by atoms with Crippen molar-refractivity contribution in [3.05, 3.63) is 131 Å². The summed E-state index contributed by atoms with van der Waals surface area (Å²) >= 11 is 3.36. The number of carboxylic acids is 1. The Morgan fingerprint density at radius 1 is 0.650 bits per heavy atom. The molecule has 0 aliphatic heterocycles. The van der Waals surface area contributed by atoms with Crippen LogP contribution >= 0.6 is 15.9 Å². The highest BCUT2D eigenvalue weighted by atomic mass is 79.9. The highest BCUT2D eigenvalue weighted by Crippen LogP contribution is 2.32. The lowest BCUT2D eigenvalue weighted by atomic mass is 10.0. The second kappa shape index (κ2) is 11.9. The molecule has 0 spiro atoms. The quantitative estimate of drug-likeness (QED) is 0.186. The lowest BCUT2D eigenvalue weighted by molar-refractivity contribution is 0.0697. The lowest BCUT2D eigenvalue weighted by Gasteiger charge is -2.04. The Morgan fingerprint density at radius 3 is 1.62 bits per heavy atom. The average Bonchev–Trinajstić information content (AvgIpc) is 3.65. The fourth-order valence-electron chi connectivity index (χ4n) is 4.14. The molecule has 2 heterocycles. The van der Waals surface area contributed by atoms with Gasteiger partial charge in [-0.05, 0) is 52.3 Å². The van der Waals surface area contributed by atoms with Gasteiger partial charge in [-0.2, -0.15) is 10.2 Å². The van der Waals surface area contributed by atoms with Crippen LogP contribution in [-0.4, -0.2) is 31.5 Å². The van der Waals surface area contributed by atoms with Crippen LogP contribution in [0.3, 0.4) is 0 Å². The van der Waals surface area contributed by atoms with E-state index in [1.807, 2.05) is 66.7 Å². The molecule has 6 rings (SSSR count). The molecule has 6 nitrogen and oxygen atoms in total. The van der Waals surface area contributed by atoms with Crippen molar-refractivity contribution in [3.63, 3.8) is 0 Å². The van der Waals surface area contributed by atoms with Gasteiger partial charge < -0.3 is 5.11 Å². The average molecular weight is 599 g/mol. The molecule has 6 aromatic rings. The van der Waals surface area contributed by atoms with Gasteiger partial charge in [-0.3, -0.25) is 10.2 Å². The topological polar surface area (TPSA) is 94.7 Å². The number of nitrogens with zero attached hydrogens (tertiary/aromatic N) is 2. The van der Waals surface area contributed by atoms with E-state index in [2.05, 4.69) is 36.3 Å². The predicted octanol–water partition coefficient (Wildman–Crippen LogP) is 8.23. The number of hydrogen-bond acceptors (Lipinski definition) is 3. The molecule has 0 aliphatic rings. The van der Waals surface area contributed by atoms with Gasteiger partial charge in [-0.15, -0.1) is 0 Å². The van der Waals surface area contributed by atoms with E-state index in [0.717, 1.165) is 16.8 Å². The van der Waals surface area contributed by atoms with Crippen molar-refractivity contribution in [3.8, 4) is 45.0 Å². The Balaban J connectivity index is 0.000000162. The number of H-pyrrole nitrogens is 2. The van der Waals surface area contributed by atoms with E-state index in [-0.39, 0.29) is 16.9 Å². The molecule has 0 radical (unpaired) electrons. The van der Waals surface area contributed by atoms with Crippen LogP contribution in [0, 0.1) is 11.6 Å². The van der Waals surface area contributed by atoms with Crippen molar-refractivity contribution in [1.29, 1.82) is 0 Å². The molecule has 198 valence electrons. The monoisotopic (exact) mass is 598 g/mol. The Bertz CT molecular complexity index is 1750. The van der Waals surface area contributed by atoms with Gasteiger partial charge in [0.25, 0.3) is 0 Å². The molecule has 0 aliphatic carbocycles. The predicted molar refractivity (Wildman–Crippen MR) is 153 cm³/mol. The Labute approximate surface area is 236 Å². The van der Waals surface area contributed by atoms with Crippen LogP contribution < -0.4 is 0 Å². The molecule has 3 N–H and O–H groups in total. The molecule has 0 saturated heterocycles. The van der Waals surface area contributed by atoms with Crippen LogP contribution in [0.2, 0.25) is 0 Å². The maximum atomic E-state index is 14.0. The fraction of sp³-hybridized carbons (Fsp3) is 0. The van der Waals surface area contributed by atoms with Crippen molar-refractivity contribution in [2.75, 3.05) is 0 Å². The van der Waals surface area contributed by atoms with Crippen molar-refractivity contribution in [2.45, 2.75) is 0 Å². The van der Waals surface area contributed by atoms with Crippen LogP contribution in [-0.2, 0) is 0 Å². The minimum absolute atomic E-state index is 0.0136. The van der Waals surface area contributed by atoms with Gasteiger partial charge in [-0.1, -0.05) is 72.8 Å². The normalized spacial score (nSPS) is 10.6. The van der Waals surface area contributed by atoms with E-state index in [1.54, 1.807) is 18.2 Å². The number of hydrogen-bond donors (Lipinski definition) is 3. The van der Waals surface area contributed by atoms with Crippen LogP contribution in [0.4, 0.5) is 8.78 Å². The van der Waals surface area contributed by atoms with E-state index < -0.39 is 11.8 Å². The van der Waals surface area contributed by atoms with Gasteiger partial charge in [0.2, 0.25) is 0 Å². The summed E-state index contributed by atoms with van der Waals surface area (Å²) in [4.78, 5) is 11.2. The van der Waals surface area contributed by atoms with E-state index in [4.69, 9.17) is 0 Å². The molecule has 4 aromatic carbocycles. The van der Waals surface area contributed by atoms with E-state index >= 15 is 0 Å². The third-order valence-electron chi connectivity index (χ3n) is 6.04. The minimum Gasteiger partial charge on any atom is -0.478 e. The summed E-state index contributed by atoms with van der Waals surface area (Å²) in [5.41, 5.74) is 4.70. The number of carbonyl (C=O) groups is 1. The van der Waals surface area contributed by atoms with Gasteiger partial charge in [0.05, 0.1) is 28.3 Å². The molecule has 0 atom stereocenters. The number of aromatic nitrogens is 4. The van der Waals surface area contributed by atoms with E-state index in [9.17, 15) is 18.7 Å². The Hall–Kier alpha value is -4.89. The zero-order chi connectivity index (χ0) is 28.1. The second-order valence-electron chi connectivity index (χ2n) is 8.63. The van der Waals surface area contributed by atoms with E-state index in [0.29, 0.717) is 27.1 Å². The van der Waals surface area contributed by atoms with Crippen LogP contribution in [0.5, 0.6) is 0 Å². The number of aromatic amines is 2. The standard InChI is InChI=1S/C16H11FN2O2.C15H10BrFN2/c17-12-8-4-7-11(16(20)21)15(12)14-9-13(18-19-14)10-5-2-1-3-6-10;16-11-7-4-8-12(17)15(11)14-9-13(18-19-14)10-5-2-1-3-6-10/h1-9H,(H,18,19)(H,20,21);1-9H,(H,18,19). The molecule has 2 aromatic heterocycles. The molecule has 0 fully saturated rings. The van der Waals surface area contributed by atoms with Crippen molar-refractivity contribution < 1.29 is 18.7 Å². The zero-order valence-electron chi connectivity index (χ0n) is 20.8. The second-order valence-corrected chi connectivity index (χ2v) is 9.48. The minimum atomic E-state index is -1.18. The molecular formula is C31H21BrF2N4O2. The summed E-state index contributed by atoms with van der Waals surface area (Å²) in [6, 6.07) is 31.5.